The molecule has 0 saturated heterocycles. The molecule has 0 radical (unpaired) electrons. The summed E-state index contributed by atoms with van der Waals surface area (Å²) >= 11 is 0. The summed E-state index contributed by atoms with van der Waals surface area (Å²) in [6, 6.07) is 8.78. The van der Waals surface area contributed by atoms with E-state index in [-0.39, 0.29) is 0 Å². The molecular weight excluding hydrogens is 196 g/mol. The Bertz CT molecular complexity index is 229. The first-order valence-corrected chi connectivity index (χ1v) is 5.61. The Morgan fingerprint density at radius 3 is 2.06 bits per heavy atom. The first-order chi connectivity index (χ1) is 7.83. The molecule has 0 spiro atoms. The summed E-state index contributed by atoms with van der Waals surface area (Å²) in [5.74, 6) is 0. The van der Waals surface area contributed by atoms with Gasteiger partial charge in [-0.15, -0.1) is 13.2 Å². The molecule has 2 heteroatoms. The van der Waals surface area contributed by atoms with Gasteiger partial charge in [0.05, 0.1) is 0 Å². The minimum absolute atomic E-state index is 1.11. The molecule has 0 amide bonds. The maximum absolute atomic E-state index is 4.50. The van der Waals surface area contributed by atoms with Crippen molar-refractivity contribution in [2.45, 2.75) is 19.8 Å². The molecule has 0 bridgehead atoms. The van der Waals surface area contributed by atoms with Gasteiger partial charge >= 0.3 is 0 Å². The van der Waals surface area contributed by atoms with Crippen LogP contribution in [-0.2, 0) is 6.42 Å². The zero-order valence-electron chi connectivity index (χ0n) is 10.9. The number of benzene rings is 1. The molecule has 16 heavy (non-hydrogen) atoms. The van der Waals surface area contributed by atoms with Gasteiger partial charge in [-0.1, -0.05) is 29.8 Å². The van der Waals surface area contributed by atoms with Crippen LogP contribution in [0.4, 0.5) is 0 Å². The molecule has 0 aromatic heterocycles. The summed E-state index contributed by atoms with van der Waals surface area (Å²) in [7, 11) is 3.50. The maximum Gasteiger partial charge on any atom is -0.00488 e. The minimum Gasteiger partial charge on any atom is -0.333 e. The van der Waals surface area contributed by atoms with Crippen LogP contribution in [0.1, 0.15) is 17.5 Å². The predicted octanol–water partition coefficient (Wildman–Crippen LogP) is 2.52. The quantitative estimate of drug-likeness (QED) is 0.607. The molecule has 0 fully saturated rings. The average Bonchev–Trinajstić information content (AvgIpc) is 2.37. The van der Waals surface area contributed by atoms with Crippen LogP contribution in [0.15, 0.2) is 37.4 Å². The highest BCUT2D eigenvalue weighted by Gasteiger charge is 1.91. The zero-order chi connectivity index (χ0) is 12.8. The van der Waals surface area contributed by atoms with Crippen LogP contribution in [0.3, 0.4) is 0 Å². The van der Waals surface area contributed by atoms with Gasteiger partial charge in [-0.3, -0.25) is 0 Å². The lowest BCUT2D eigenvalue weighted by molar-refractivity contribution is 0.724. The number of aryl methyl sites for hydroxylation is 2. The Hall–Kier alpha value is -1.12. The molecule has 3 N–H and O–H groups in total. The van der Waals surface area contributed by atoms with Crippen LogP contribution in [0.25, 0.3) is 0 Å². The Morgan fingerprint density at radius 1 is 1.12 bits per heavy atom. The second-order valence-electron chi connectivity index (χ2n) is 3.19. The Kier molecular flexibility index (Phi) is 15.0. The van der Waals surface area contributed by atoms with E-state index in [0.29, 0.717) is 0 Å². The highest BCUT2D eigenvalue weighted by Crippen LogP contribution is 2.04. The Balaban J connectivity index is 0. The van der Waals surface area contributed by atoms with E-state index in [9.17, 15) is 0 Å². The molecule has 1 aromatic carbocycles. The fourth-order valence-corrected chi connectivity index (χ4v) is 1.22. The third kappa shape index (κ3) is 9.44. The summed E-state index contributed by atoms with van der Waals surface area (Å²) < 4.78 is 0. The van der Waals surface area contributed by atoms with E-state index in [1.165, 1.54) is 31.0 Å². The van der Waals surface area contributed by atoms with Crippen molar-refractivity contribution >= 4 is 0 Å². The number of nitrogens with two attached hydrogens (primary N) is 1. The second-order valence-corrected chi connectivity index (χ2v) is 3.19. The van der Waals surface area contributed by atoms with Crippen LogP contribution < -0.4 is 11.1 Å². The molecule has 0 aliphatic carbocycles. The van der Waals surface area contributed by atoms with Crippen molar-refractivity contribution in [3.63, 3.8) is 0 Å². The maximum atomic E-state index is 4.50. The molecule has 0 unspecified atom stereocenters. The van der Waals surface area contributed by atoms with E-state index in [0.717, 1.165) is 6.54 Å². The molecule has 1 rings (SSSR count). The first kappa shape index (κ1) is 17.3. The van der Waals surface area contributed by atoms with E-state index in [1.807, 2.05) is 7.05 Å². The summed E-state index contributed by atoms with van der Waals surface area (Å²) in [4.78, 5) is 0. The summed E-state index contributed by atoms with van der Waals surface area (Å²) in [5, 5.41) is 3.15. The van der Waals surface area contributed by atoms with Crippen molar-refractivity contribution in [2.75, 3.05) is 20.6 Å². The Morgan fingerprint density at radius 2 is 1.62 bits per heavy atom. The minimum atomic E-state index is 1.11. The van der Waals surface area contributed by atoms with Gasteiger partial charge in [-0.2, -0.15) is 0 Å². The van der Waals surface area contributed by atoms with Gasteiger partial charge in [-0.05, 0) is 46.0 Å². The lowest BCUT2D eigenvalue weighted by Crippen LogP contribution is -2.08. The highest BCUT2D eigenvalue weighted by atomic mass is 14.8. The SMILES string of the molecule is C=C.CN.CNCCCc1ccc(C)cc1. The van der Waals surface area contributed by atoms with Crippen LogP contribution in [0.5, 0.6) is 0 Å². The highest BCUT2D eigenvalue weighted by molar-refractivity contribution is 5.21. The Labute approximate surface area is 101 Å². The molecule has 0 heterocycles. The monoisotopic (exact) mass is 222 g/mol. The predicted molar refractivity (Wildman–Crippen MR) is 74.8 cm³/mol. The second kappa shape index (κ2) is 13.9. The average molecular weight is 222 g/mol. The van der Waals surface area contributed by atoms with Gasteiger partial charge in [0, 0.05) is 0 Å². The number of hydrogen-bond donors (Lipinski definition) is 2. The fourth-order valence-electron chi connectivity index (χ4n) is 1.22. The van der Waals surface area contributed by atoms with Gasteiger partial charge in [0.2, 0.25) is 0 Å². The standard InChI is InChI=1S/C11H17N.C2H4.CH5N/c1-10-5-7-11(8-6-10)4-3-9-12-2;2*1-2/h5-8,12H,3-4,9H2,1-2H3;1-2H2;2H2,1H3. The number of nitrogens with one attached hydrogen (secondary N) is 1. The molecule has 0 aliphatic rings. The first-order valence-electron chi connectivity index (χ1n) is 5.61. The molecule has 0 atom stereocenters. The number of rotatable bonds is 4. The van der Waals surface area contributed by atoms with Gasteiger partial charge in [-0.25, -0.2) is 0 Å². The normalized spacial score (nSPS) is 8.25. The van der Waals surface area contributed by atoms with Crippen LogP contribution in [0.2, 0.25) is 0 Å². The van der Waals surface area contributed by atoms with Crippen LogP contribution in [-0.4, -0.2) is 20.6 Å². The molecule has 0 aliphatic heterocycles. The third-order valence-corrected chi connectivity index (χ3v) is 2.01. The van der Waals surface area contributed by atoms with Crippen molar-refractivity contribution in [1.82, 2.24) is 5.32 Å². The molecule has 92 valence electrons. The summed E-state index contributed by atoms with van der Waals surface area (Å²) in [5.41, 5.74) is 7.28. The van der Waals surface area contributed by atoms with Crippen LogP contribution in [0, 0.1) is 6.92 Å². The lowest BCUT2D eigenvalue weighted by atomic mass is 10.1. The smallest absolute Gasteiger partial charge is 0.00488 e. The van der Waals surface area contributed by atoms with Gasteiger partial charge in [0.15, 0.2) is 0 Å². The summed E-state index contributed by atoms with van der Waals surface area (Å²) in [6.07, 6.45) is 2.40. The van der Waals surface area contributed by atoms with Gasteiger partial charge < -0.3 is 11.1 Å². The largest absolute Gasteiger partial charge is 0.333 e. The van der Waals surface area contributed by atoms with Gasteiger partial charge in [0.25, 0.3) is 0 Å². The molecule has 1 aromatic rings. The number of hydrogen-bond acceptors (Lipinski definition) is 2. The van der Waals surface area contributed by atoms with Crippen molar-refractivity contribution in [3.8, 4) is 0 Å². The third-order valence-electron chi connectivity index (χ3n) is 2.01. The topological polar surface area (TPSA) is 38.0 Å². The van der Waals surface area contributed by atoms with Crippen LogP contribution >= 0.6 is 0 Å². The van der Waals surface area contributed by atoms with E-state index >= 15 is 0 Å². The van der Waals surface area contributed by atoms with E-state index < -0.39 is 0 Å². The van der Waals surface area contributed by atoms with Crippen molar-refractivity contribution < 1.29 is 0 Å². The van der Waals surface area contributed by atoms with E-state index in [1.54, 1.807) is 0 Å². The molecule has 0 saturated carbocycles. The van der Waals surface area contributed by atoms with Crippen molar-refractivity contribution in [3.05, 3.63) is 48.6 Å². The van der Waals surface area contributed by atoms with Gasteiger partial charge in [0.1, 0.15) is 0 Å². The fraction of sp³-hybridized carbons (Fsp3) is 0.429. The van der Waals surface area contributed by atoms with Crippen molar-refractivity contribution in [2.24, 2.45) is 5.73 Å². The lowest BCUT2D eigenvalue weighted by Gasteiger charge is -2.01. The molecular formula is C14H26N2. The molecule has 2 nitrogen and oxygen atoms in total. The van der Waals surface area contributed by atoms with E-state index in [2.05, 4.69) is 55.4 Å². The summed E-state index contributed by atoms with van der Waals surface area (Å²) in [6.45, 7) is 9.23. The van der Waals surface area contributed by atoms with Crippen molar-refractivity contribution in [1.29, 1.82) is 0 Å². The van der Waals surface area contributed by atoms with E-state index in [4.69, 9.17) is 0 Å². The zero-order valence-corrected chi connectivity index (χ0v) is 10.9.